The van der Waals surface area contributed by atoms with E-state index in [1.807, 2.05) is 18.2 Å². The predicted molar refractivity (Wildman–Crippen MR) is 81.2 cm³/mol. The van der Waals surface area contributed by atoms with Crippen LogP contribution >= 0.6 is 0 Å². The van der Waals surface area contributed by atoms with Crippen molar-refractivity contribution in [3.8, 4) is 0 Å². The van der Waals surface area contributed by atoms with Crippen molar-refractivity contribution in [2.24, 2.45) is 0 Å². The first kappa shape index (κ1) is 14.5. The number of aliphatic hydroxyl groups is 1. The smallest absolute Gasteiger partial charge is 0.123 e. The fraction of sp³-hybridized carbons (Fsp3) is 0.312. The first-order valence-corrected chi connectivity index (χ1v) is 6.82. The molecule has 0 fully saturated rings. The van der Waals surface area contributed by atoms with Gasteiger partial charge in [-0.1, -0.05) is 36.4 Å². The van der Waals surface area contributed by atoms with E-state index in [0.29, 0.717) is 18.4 Å². The SMILES string of the molecule is C[C@H](Cc1ccccc1)NC[C@H](O)c1ccc(N)nc1. The largest absolute Gasteiger partial charge is 0.387 e. The van der Waals surface area contributed by atoms with E-state index in [1.165, 1.54) is 5.56 Å². The monoisotopic (exact) mass is 271 g/mol. The van der Waals surface area contributed by atoms with Gasteiger partial charge in [0.2, 0.25) is 0 Å². The summed E-state index contributed by atoms with van der Waals surface area (Å²) in [6, 6.07) is 14.1. The molecule has 0 spiro atoms. The Bertz CT molecular complexity index is 513. The van der Waals surface area contributed by atoms with Gasteiger partial charge in [-0.3, -0.25) is 0 Å². The molecule has 4 N–H and O–H groups in total. The summed E-state index contributed by atoms with van der Waals surface area (Å²) >= 11 is 0. The maximum Gasteiger partial charge on any atom is 0.123 e. The molecule has 0 saturated carbocycles. The van der Waals surface area contributed by atoms with Crippen LogP contribution in [0, 0.1) is 0 Å². The number of pyridine rings is 1. The van der Waals surface area contributed by atoms with Crippen LogP contribution in [-0.2, 0) is 6.42 Å². The number of aliphatic hydroxyl groups excluding tert-OH is 1. The number of hydrogen-bond acceptors (Lipinski definition) is 4. The summed E-state index contributed by atoms with van der Waals surface area (Å²) in [6.07, 6.45) is 1.98. The fourth-order valence-electron chi connectivity index (χ4n) is 2.08. The first-order valence-electron chi connectivity index (χ1n) is 6.82. The Morgan fingerprint density at radius 3 is 2.60 bits per heavy atom. The average Bonchev–Trinajstić information content (AvgIpc) is 2.46. The third-order valence-corrected chi connectivity index (χ3v) is 3.24. The van der Waals surface area contributed by atoms with E-state index in [4.69, 9.17) is 5.73 Å². The maximum atomic E-state index is 10.1. The number of benzene rings is 1. The van der Waals surface area contributed by atoms with E-state index < -0.39 is 6.10 Å². The number of nitrogens with one attached hydrogen (secondary N) is 1. The van der Waals surface area contributed by atoms with Crippen molar-refractivity contribution >= 4 is 5.82 Å². The Morgan fingerprint density at radius 1 is 1.20 bits per heavy atom. The number of rotatable bonds is 6. The molecule has 1 heterocycles. The first-order chi connectivity index (χ1) is 9.65. The standard InChI is InChI=1S/C16H21N3O/c1-12(9-13-5-3-2-4-6-13)18-11-15(20)14-7-8-16(17)19-10-14/h2-8,10,12,15,18,20H,9,11H2,1H3,(H2,17,19)/t12-,15+/m1/s1. The molecule has 0 aliphatic rings. The molecular weight excluding hydrogens is 250 g/mol. The number of nitrogens with zero attached hydrogens (tertiary/aromatic N) is 1. The highest BCUT2D eigenvalue weighted by Gasteiger charge is 2.10. The van der Waals surface area contributed by atoms with Crippen LogP contribution in [-0.4, -0.2) is 22.7 Å². The number of anilines is 1. The van der Waals surface area contributed by atoms with Crippen LogP contribution in [0.2, 0.25) is 0 Å². The van der Waals surface area contributed by atoms with Gasteiger partial charge < -0.3 is 16.2 Å². The molecule has 20 heavy (non-hydrogen) atoms. The molecule has 0 unspecified atom stereocenters. The molecule has 0 saturated heterocycles. The van der Waals surface area contributed by atoms with Gasteiger partial charge in [-0.25, -0.2) is 4.98 Å². The molecule has 4 nitrogen and oxygen atoms in total. The van der Waals surface area contributed by atoms with Gasteiger partial charge in [0.15, 0.2) is 0 Å². The second kappa shape index (κ2) is 7.03. The van der Waals surface area contributed by atoms with Crippen molar-refractivity contribution in [2.45, 2.75) is 25.5 Å². The van der Waals surface area contributed by atoms with Crippen LogP contribution in [0.15, 0.2) is 48.7 Å². The lowest BCUT2D eigenvalue weighted by atomic mass is 10.1. The van der Waals surface area contributed by atoms with Gasteiger partial charge in [-0.05, 0) is 25.0 Å². The number of hydrogen-bond donors (Lipinski definition) is 3. The molecular formula is C16H21N3O. The second-order valence-electron chi connectivity index (χ2n) is 5.03. The molecule has 2 rings (SSSR count). The van der Waals surface area contributed by atoms with Crippen molar-refractivity contribution in [1.29, 1.82) is 0 Å². The zero-order chi connectivity index (χ0) is 14.4. The van der Waals surface area contributed by atoms with E-state index >= 15 is 0 Å². The molecule has 0 amide bonds. The summed E-state index contributed by atoms with van der Waals surface area (Å²) in [5.41, 5.74) is 7.59. The van der Waals surface area contributed by atoms with Crippen LogP contribution in [0.3, 0.4) is 0 Å². The Morgan fingerprint density at radius 2 is 1.95 bits per heavy atom. The summed E-state index contributed by atoms with van der Waals surface area (Å²) < 4.78 is 0. The topological polar surface area (TPSA) is 71.2 Å². The van der Waals surface area contributed by atoms with Gasteiger partial charge in [0, 0.05) is 24.3 Å². The lowest BCUT2D eigenvalue weighted by Gasteiger charge is -2.17. The van der Waals surface area contributed by atoms with Gasteiger partial charge in [0.25, 0.3) is 0 Å². The summed E-state index contributed by atoms with van der Waals surface area (Å²) in [5, 5.41) is 13.4. The quantitative estimate of drug-likeness (QED) is 0.750. The molecule has 4 heteroatoms. The zero-order valence-electron chi connectivity index (χ0n) is 11.7. The van der Waals surface area contributed by atoms with E-state index in [2.05, 4.69) is 29.4 Å². The van der Waals surface area contributed by atoms with E-state index in [9.17, 15) is 5.11 Å². The molecule has 0 aliphatic heterocycles. The minimum absolute atomic E-state index is 0.300. The summed E-state index contributed by atoms with van der Waals surface area (Å²) in [4.78, 5) is 3.99. The summed E-state index contributed by atoms with van der Waals surface area (Å²) in [7, 11) is 0. The van der Waals surface area contributed by atoms with Gasteiger partial charge >= 0.3 is 0 Å². The van der Waals surface area contributed by atoms with Gasteiger partial charge in [-0.15, -0.1) is 0 Å². The minimum Gasteiger partial charge on any atom is -0.387 e. The van der Waals surface area contributed by atoms with Crippen LogP contribution in [0.5, 0.6) is 0 Å². The molecule has 1 aromatic heterocycles. The van der Waals surface area contributed by atoms with Crippen molar-refractivity contribution in [2.75, 3.05) is 12.3 Å². The Hall–Kier alpha value is -1.91. The van der Waals surface area contributed by atoms with Crippen LogP contribution in [0.25, 0.3) is 0 Å². The number of aromatic nitrogens is 1. The average molecular weight is 271 g/mol. The minimum atomic E-state index is -0.568. The second-order valence-corrected chi connectivity index (χ2v) is 5.03. The third-order valence-electron chi connectivity index (χ3n) is 3.24. The summed E-state index contributed by atoms with van der Waals surface area (Å²) in [6.45, 7) is 2.61. The van der Waals surface area contributed by atoms with Crippen molar-refractivity contribution in [3.63, 3.8) is 0 Å². The predicted octanol–water partition coefficient (Wildman–Crippen LogP) is 1.92. The third kappa shape index (κ3) is 4.33. The highest BCUT2D eigenvalue weighted by Crippen LogP contribution is 2.12. The molecule has 106 valence electrons. The Labute approximate surface area is 119 Å². The van der Waals surface area contributed by atoms with Crippen molar-refractivity contribution in [3.05, 3.63) is 59.8 Å². The number of nitrogen functional groups attached to an aromatic ring is 1. The van der Waals surface area contributed by atoms with Crippen LogP contribution in [0.1, 0.15) is 24.2 Å². The normalized spacial score (nSPS) is 13.9. The molecule has 2 aromatic rings. The number of nitrogens with two attached hydrogens (primary N) is 1. The highest BCUT2D eigenvalue weighted by molar-refractivity contribution is 5.30. The Balaban J connectivity index is 1.81. The van der Waals surface area contributed by atoms with Crippen molar-refractivity contribution in [1.82, 2.24) is 10.3 Å². The van der Waals surface area contributed by atoms with Gasteiger partial charge in [-0.2, -0.15) is 0 Å². The van der Waals surface area contributed by atoms with Crippen LogP contribution in [0.4, 0.5) is 5.82 Å². The highest BCUT2D eigenvalue weighted by atomic mass is 16.3. The van der Waals surface area contributed by atoms with Gasteiger partial charge in [0.05, 0.1) is 6.10 Å². The molecule has 2 atom stereocenters. The zero-order valence-corrected chi connectivity index (χ0v) is 11.7. The fourth-order valence-corrected chi connectivity index (χ4v) is 2.08. The van der Waals surface area contributed by atoms with E-state index in [1.54, 1.807) is 18.3 Å². The maximum absolute atomic E-state index is 10.1. The Kier molecular flexibility index (Phi) is 5.09. The molecule has 1 aromatic carbocycles. The molecule has 0 aliphatic carbocycles. The molecule has 0 radical (unpaired) electrons. The molecule has 0 bridgehead atoms. The van der Waals surface area contributed by atoms with Crippen LogP contribution < -0.4 is 11.1 Å². The lowest BCUT2D eigenvalue weighted by Crippen LogP contribution is -2.32. The summed E-state index contributed by atoms with van der Waals surface area (Å²) in [5.74, 6) is 0.464. The van der Waals surface area contributed by atoms with E-state index in [0.717, 1.165) is 12.0 Å². The van der Waals surface area contributed by atoms with Gasteiger partial charge in [0.1, 0.15) is 5.82 Å². The van der Waals surface area contributed by atoms with Crippen molar-refractivity contribution < 1.29 is 5.11 Å². The van der Waals surface area contributed by atoms with E-state index in [-0.39, 0.29) is 0 Å². The lowest BCUT2D eigenvalue weighted by molar-refractivity contribution is 0.170.